The van der Waals surface area contributed by atoms with Gasteiger partial charge in [0.05, 0.1) is 12.1 Å². The third-order valence-electron chi connectivity index (χ3n) is 6.08. The Bertz CT molecular complexity index is 1770. The van der Waals surface area contributed by atoms with E-state index in [4.69, 9.17) is 0 Å². The largest absolute Gasteiger partial charge is 0.494 e. The minimum absolute atomic E-state index is 0.00767. The molecule has 0 aliphatic carbocycles. The van der Waals surface area contributed by atoms with Crippen molar-refractivity contribution in [2.45, 2.75) is 19.4 Å². The zero-order valence-corrected chi connectivity index (χ0v) is 19.0. The topological polar surface area (TPSA) is 116 Å². The Labute approximate surface area is 196 Å². The van der Waals surface area contributed by atoms with Gasteiger partial charge in [-0.2, -0.15) is 4.98 Å². The summed E-state index contributed by atoms with van der Waals surface area (Å²) in [5.74, 6) is -0.740. The van der Waals surface area contributed by atoms with Crippen LogP contribution < -0.4 is 16.8 Å². The number of hydrogen-bond donors (Lipinski definition) is 1. The van der Waals surface area contributed by atoms with E-state index in [9.17, 15) is 23.9 Å². The maximum absolute atomic E-state index is 13.6. The quantitative estimate of drug-likeness (QED) is 0.406. The van der Waals surface area contributed by atoms with Gasteiger partial charge in [0.1, 0.15) is 5.82 Å². The molecule has 5 rings (SSSR count). The van der Waals surface area contributed by atoms with Crippen molar-refractivity contribution in [1.29, 1.82) is 0 Å². The monoisotopic (exact) mass is 476 g/mol. The zero-order chi connectivity index (χ0) is 24.9. The molecule has 35 heavy (non-hydrogen) atoms. The molecule has 0 bridgehead atoms. The van der Waals surface area contributed by atoms with Gasteiger partial charge in [0.2, 0.25) is 11.7 Å². The first-order chi connectivity index (χ1) is 16.8. The Morgan fingerprint density at radius 2 is 1.69 bits per heavy atom. The van der Waals surface area contributed by atoms with Crippen molar-refractivity contribution in [2.24, 2.45) is 14.1 Å². The fraction of sp³-hybridized carbons (Fsp3) is 0.208. The lowest BCUT2D eigenvalue weighted by molar-refractivity contribution is 0.411. The minimum atomic E-state index is -0.678. The van der Waals surface area contributed by atoms with Gasteiger partial charge in [-0.05, 0) is 42.7 Å². The third-order valence-corrected chi connectivity index (χ3v) is 6.08. The lowest BCUT2D eigenvalue weighted by atomic mass is 10.1. The van der Waals surface area contributed by atoms with Crippen molar-refractivity contribution in [3.63, 3.8) is 0 Å². The van der Waals surface area contributed by atoms with Crippen LogP contribution in [0.2, 0.25) is 0 Å². The second-order valence-electron chi connectivity index (χ2n) is 8.27. The van der Waals surface area contributed by atoms with Crippen molar-refractivity contribution in [3.8, 4) is 5.88 Å². The second-order valence-corrected chi connectivity index (χ2v) is 8.27. The first kappa shape index (κ1) is 22.3. The van der Waals surface area contributed by atoms with Crippen LogP contribution in [0.25, 0.3) is 16.9 Å². The van der Waals surface area contributed by atoms with E-state index in [-0.39, 0.29) is 41.4 Å². The van der Waals surface area contributed by atoms with Gasteiger partial charge in [0.25, 0.3) is 11.1 Å². The molecule has 0 spiro atoms. The summed E-state index contributed by atoms with van der Waals surface area (Å²) in [5.41, 5.74) is -0.499. The molecule has 0 unspecified atom stereocenters. The summed E-state index contributed by atoms with van der Waals surface area (Å²) in [6, 6.07) is 11.1. The van der Waals surface area contributed by atoms with E-state index in [1.807, 2.05) is 12.1 Å². The summed E-state index contributed by atoms with van der Waals surface area (Å²) in [5, 5.41) is 11.2. The Kier molecular flexibility index (Phi) is 5.31. The van der Waals surface area contributed by atoms with Crippen LogP contribution in [-0.4, -0.2) is 33.2 Å². The maximum atomic E-state index is 13.6. The van der Waals surface area contributed by atoms with Gasteiger partial charge in [-0.1, -0.05) is 18.2 Å². The van der Waals surface area contributed by atoms with E-state index in [0.29, 0.717) is 12.0 Å². The van der Waals surface area contributed by atoms with Crippen LogP contribution in [0, 0.1) is 5.82 Å². The van der Waals surface area contributed by atoms with E-state index in [1.165, 1.54) is 35.4 Å². The first-order valence-corrected chi connectivity index (χ1v) is 10.8. The van der Waals surface area contributed by atoms with E-state index < -0.39 is 22.6 Å². The first-order valence-electron chi connectivity index (χ1n) is 10.8. The molecule has 0 radical (unpaired) electrons. The number of rotatable bonds is 5. The van der Waals surface area contributed by atoms with E-state index in [0.717, 1.165) is 14.7 Å². The van der Waals surface area contributed by atoms with Gasteiger partial charge in [0.15, 0.2) is 11.2 Å². The molecular formula is C24H21FN6O4. The van der Waals surface area contributed by atoms with Crippen LogP contribution in [0.5, 0.6) is 5.88 Å². The lowest BCUT2D eigenvalue weighted by Crippen LogP contribution is -2.38. The highest BCUT2D eigenvalue weighted by atomic mass is 19.1. The molecule has 1 N–H and O–H groups in total. The highest BCUT2D eigenvalue weighted by Gasteiger charge is 2.24. The summed E-state index contributed by atoms with van der Waals surface area (Å²) in [7, 11) is 2.77. The lowest BCUT2D eigenvalue weighted by Gasteiger charge is -2.15. The fourth-order valence-corrected chi connectivity index (χ4v) is 4.18. The van der Waals surface area contributed by atoms with Crippen molar-refractivity contribution >= 4 is 16.9 Å². The molecule has 1 aromatic carbocycles. The van der Waals surface area contributed by atoms with Gasteiger partial charge >= 0.3 is 5.69 Å². The molecule has 11 heteroatoms. The van der Waals surface area contributed by atoms with E-state index >= 15 is 0 Å². The average molecular weight is 476 g/mol. The maximum Gasteiger partial charge on any atom is 0.332 e. The normalized spacial score (nSPS) is 11.5. The van der Waals surface area contributed by atoms with E-state index in [1.54, 1.807) is 24.4 Å². The number of halogens is 1. The van der Waals surface area contributed by atoms with Crippen LogP contribution in [0.4, 0.5) is 4.39 Å². The number of imidazole rings is 1. The molecule has 0 aliphatic rings. The van der Waals surface area contributed by atoms with Crippen LogP contribution in [-0.2, 0) is 33.5 Å². The molecule has 0 aliphatic heterocycles. The number of pyridine rings is 1. The molecule has 0 atom stereocenters. The molecule has 5 aromatic rings. The van der Waals surface area contributed by atoms with Crippen molar-refractivity contribution in [1.82, 2.24) is 28.1 Å². The van der Waals surface area contributed by atoms with Gasteiger partial charge in [-0.15, -0.1) is 0 Å². The predicted octanol–water partition coefficient (Wildman–Crippen LogP) is 1.12. The SMILES string of the molecule is Cn1c(=O)c2c(nc3n(Cc4ccc(F)cc4)c(O)c(CCc4ccccn4)c(=O)n23)n(C)c1=O. The van der Waals surface area contributed by atoms with Crippen molar-refractivity contribution in [3.05, 3.63) is 102 Å². The third kappa shape index (κ3) is 3.61. The van der Waals surface area contributed by atoms with Crippen molar-refractivity contribution < 1.29 is 9.50 Å². The summed E-state index contributed by atoms with van der Waals surface area (Å²) in [6.45, 7) is 0.0457. The van der Waals surface area contributed by atoms with Gasteiger partial charge < -0.3 is 5.11 Å². The molecule has 4 heterocycles. The Balaban J connectivity index is 1.81. The predicted molar refractivity (Wildman–Crippen MR) is 126 cm³/mol. The number of nitrogens with zero attached hydrogens (tertiary/aromatic N) is 6. The standard InChI is InChI=1S/C24H21FN6O4/c1-28-19-18(22(34)29(2)24(28)35)31-21(33)17(11-10-16-5-3-4-12-26-16)20(32)30(23(31)27-19)13-14-6-8-15(25)9-7-14/h3-9,12,32H,10-11,13H2,1-2H3. The van der Waals surface area contributed by atoms with Gasteiger partial charge in [-0.25, -0.2) is 13.6 Å². The van der Waals surface area contributed by atoms with Crippen LogP contribution >= 0.6 is 0 Å². The van der Waals surface area contributed by atoms with Crippen LogP contribution in [0.1, 0.15) is 16.8 Å². The molecule has 0 saturated heterocycles. The molecule has 0 amide bonds. The molecule has 178 valence electrons. The fourth-order valence-electron chi connectivity index (χ4n) is 4.18. The molecule has 0 fully saturated rings. The summed E-state index contributed by atoms with van der Waals surface area (Å²) in [6.07, 6.45) is 2.15. The number of aromatic nitrogens is 6. The summed E-state index contributed by atoms with van der Waals surface area (Å²) in [4.78, 5) is 47.8. The number of aryl methyl sites for hydroxylation is 2. The Morgan fingerprint density at radius 3 is 2.37 bits per heavy atom. The number of hydrogen-bond acceptors (Lipinski definition) is 6. The van der Waals surface area contributed by atoms with E-state index in [2.05, 4.69) is 9.97 Å². The average Bonchev–Trinajstić information content (AvgIpc) is 3.27. The molecule has 10 nitrogen and oxygen atoms in total. The highest BCUT2D eigenvalue weighted by molar-refractivity contribution is 5.75. The highest BCUT2D eigenvalue weighted by Crippen LogP contribution is 2.22. The van der Waals surface area contributed by atoms with Gasteiger partial charge in [0, 0.05) is 26.0 Å². The summed E-state index contributed by atoms with van der Waals surface area (Å²) >= 11 is 0. The molecule has 0 saturated carbocycles. The summed E-state index contributed by atoms with van der Waals surface area (Å²) < 4.78 is 18.0. The number of aromatic hydroxyl groups is 1. The number of fused-ring (bicyclic) bond motifs is 3. The zero-order valence-electron chi connectivity index (χ0n) is 19.0. The van der Waals surface area contributed by atoms with Crippen molar-refractivity contribution in [2.75, 3.05) is 0 Å². The smallest absolute Gasteiger partial charge is 0.332 e. The van der Waals surface area contributed by atoms with Crippen LogP contribution in [0.3, 0.4) is 0 Å². The Morgan fingerprint density at radius 1 is 0.943 bits per heavy atom. The molecule has 4 aromatic heterocycles. The molecular weight excluding hydrogens is 455 g/mol. The van der Waals surface area contributed by atoms with Gasteiger partial charge in [-0.3, -0.25) is 28.3 Å². The number of benzene rings is 1. The Hall–Kier alpha value is -4.54. The minimum Gasteiger partial charge on any atom is -0.494 e. The van der Waals surface area contributed by atoms with Crippen LogP contribution in [0.15, 0.2) is 63.0 Å². The second kappa shape index (κ2) is 8.35.